The molecule has 1 aliphatic rings. The molecule has 0 radical (unpaired) electrons. The van der Waals surface area contributed by atoms with Crippen LogP contribution in [-0.2, 0) is 6.54 Å². The van der Waals surface area contributed by atoms with Crippen molar-refractivity contribution in [2.24, 2.45) is 4.99 Å². The fourth-order valence-electron chi connectivity index (χ4n) is 2.88. The number of halogens is 1. The third kappa shape index (κ3) is 4.99. The van der Waals surface area contributed by atoms with Gasteiger partial charge in [-0.05, 0) is 19.1 Å². The summed E-state index contributed by atoms with van der Waals surface area (Å²) in [6.45, 7) is 5.91. The largest absolute Gasteiger partial charge is 0.497 e. The zero-order chi connectivity index (χ0) is 17.6. The smallest absolute Gasteiger partial charge is 0.246 e. The maximum absolute atomic E-state index is 5.31. The highest BCUT2D eigenvalue weighted by Gasteiger charge is 2.20. The van der Waals surface area contributed by atoms with Crippen LogP contribution in [0.15, 0.2) is 33.8 Å². The molecule has 8 nitrogen and oxygen atoms in total. The van der Waals surface area contributed by atoms with E-state index in [1.54, 1.807) is 21.1 Å². The SMILES string of the molecule is CN=C(NCc1nc(C)no1)N1CCN(c2cccc(OC)c2)CC1.I. The maximum atomic E-state index is 5.31. The van der Waals surface area contributed by atoms with Gasteiger partial charge in [-0.2, -0.15) is 4.98 Å². The first-order valence-corrected chi connectivity index (χ1v) is 8.33. The van der Waals surface area contributed by atoms with E-state index in [1.165, 1.54) is 5.69 Å². The Kier molecular flexibility index (Phi) is 7.49. The quantitative estimate of drug-likeness (QED) is 0.414. The molecule has 2 heterocycles. The lowest BCUT2D eigenvalue weighted by atomic mass is 10.2. The fraction of sp³-hybridized carbons (Fsp3) is 0.471. The molecule has 1 fully saturated rings. The van der Waals surface area contributed by atoms with Gasteiger partial charge in [0.15, 0.2) is 11.8 Å². The van der Waals surface area contributed by atoms with E-state index in [1.807, 2.05) is 12.1 Å². The predicted octanol–water partition coefficient (Wildman–Crippen LogP) is 1.90. The van der Waals surface area contributed by atoms with Gasteiger partial charge in [-0.25, -0.2) is 0 Å². The average molecular weight is 472 g/mol. The Bertz CT molecular complexity index is 728. The molecule has 1 aliphatic heterocycles. The van der Waals surface area contributed by atoms with Crippen molar-refractivity contribution in [3.63, 3.8) is 0 Å². The zero-order valence-corrected chi connectivity index (χ0v) is 17.6. The second-order valence-electron chi connectivity index (χ2n) is 5.81. The van der Waals surface area contributed by atoms with Gasteiger partial charge in [-0.3, -0.25) is 4.99 Å². The molecule has 142 valence electrons. The van der Waals surface area contributed by atoms with E-state index < -0.39 is 0 Å². The number of hydrogen-bond acceptors (Lipinski definition) is 6. The molecule has 1 N–H and O–H groups in total. The van der Waals surface area contributed by atoms with Gasteiger partial charge in [0.2, 0.25) is 5.89 Å². The number of methoxy groups -OCH3 is 1. The van der Waals surface area contributed by atoms with Crippen molar-refractivity contribution in [3.05, 3.63) is 36.0 Å². The minimum absolute atomic E-state index is 0. The molecule has 0 atom stereocenters. The second-order valence-corrected chi connectivity index (χ2v) is 5.81. The summed E-state index contributed by atoms with van der Waals surface area (Å²) in [6, 6.07) is 8.17. The van der Waals surface area contributed by atoms with Crippen molar-refractivity contribution in [3.8, 4) is 5.75 Å². The number of ether oxygens (including phenoxy) is 1. The molecular weight excluding hydrogens is 447 g/mol. The first-order valence-electron chi connectivity index (χ1n) is 8.33. The van der Waals surface area contributed by atoms with Crippen LogP contribution < -0.4 is 15.0 Å². The first-order chi connectivity index (χ1) is 12.2. The first kappa shape index (κ1) is 20.3. The van der Waals surface area contributed by atoms with E-state index in [2.05, 4.69) is 42.4 Å². The lowest BCUT2D eigenvalue weighted by Crippen LogP contribution is -2.52. The number of aromatic nitrogens is 2. The lowest BCUT2D eigenvalue weighted by Gasteiger charge is -2.37. The standard InChI is InChI=1S/C17H24N6O2.HI/c1-13-20-16(25-21-13)12-19-17(18-2)23-9-7-22(8-10-23)14-5-4-6-15(11-14)24-3;/h4-6,11H,7-10,12H2,1-3H3,(H,18,19);1H. The van der Waals surface area contributed by atoms with E-state index in [9.17, 15) is 0 Å². The van der Waals surface area contributed by atoms with Gasteiger partial charge in [0.1, 0.15) is 5.75 Å². The fourth-order valence-corrected chi connectivity index (χ4v) is 2.88. The summed E-state index contributed by atoms with van der Waals surface area (Å²) in [6.07, 6.45) is 0. The highest BCUT2D eigenvalue weighted by atomic mass is 127. The topological polar surface area (TPSA) is 79.0 Å². The normalized spacial score (nSPS) is 14.8. The highest BCUT2D eigenvalue weighted by molar-refractivity contribution is 14.0. The Morgan fingerprint density at radius 1 is 1.31 bits per heavy atom. The number of hydrogen-bond donors (Lipinski definition) is 1. The van der Waals surface area contributed by atoms with Crippen LogP contribution in [0.5, 0.6) is 5.75 Å². The monoisotopic (exact) mass is 472 g/mol. The molecule has 0 aliphatic carbocycles. The Balaban J connectivity index is 0.00000243. The van der Waals surface area contributed by atoms with Crippen LogP contribution in [0.25, 0.3) is 0 Å². The number of nitrogens with zero attached hydrogens (tertiary/aromatic N) is 5. The number of guanidine groups is 1. The van der Waals surface area contributed by atoms with Crippen LogP contribution in [-0.4, -0.2) is 61.3 Å². The Morgan fingerprint density at radius 3 is 2.69 bits per heavy atom. The third-order valence-electron chi connectivity index (χ3n) is 4.18. The number of rotatable bonds is 4. The molecule has 1 aromatic carbocycles. The van der Waals surface area contributed by atoms with Crippen molar-refractivity contribution in [2.75, 3.05) is 45.2 Å². The van der Waals surface area contributed by atoms with Crippen LogP contribution in [0.2, 0.25) is 0 Å². The van der Waals surface area contributed by atoms with Crippen molar-refractivity contribution in [2.45, 2.75) is 13.5 Å². The molecule has 26 heavy (non-hydrogen) atoms. The van der Waals surface area contributed by atoms with E-state index in [0.717, 1.165) is 37.9 Å². The molecule has 2 aromatic rings. The summed E-state index contributed by atoms with van der Waals surface area (Å²) in [5.41, 5.74) is 1.18. The van der Waals surface area contributed by atoms with Crippen molar-refractivity contribution in [1.29, 1.82) is 0 Å². The summed E-state index contributed by atoms with van der Waals surface area (Å²) in [5.74, 6) is 2.93. The van der Waals surface area contributed by atoms with Crippen LogP contribution in [0.3, 0.4) is 0 Å². The van der Waals surface area contributed by atoms with Gasteiger partial charge < -0.3 is 24.4 Å². The molecular formula is C17H25IN6O2. The van der Waals surface area contributed by atoms with E-state index >= 15 is 0 Å². The summed E-state index contributed by atoms with van der Waals surface area (Å²) >= 11 is 0. The Hall–Kier alpha value is -2.04. The van der Waals surface area contributed by atoms with Gasteiger partial charge in [0.05, 0.1) is 13.7 Å². The van der Waals surface area contributed by atoms with Crippen molar-refractivity contribution < 1.29 is 9.26 Å². The Morgan fingerprint density at radius 2 is 2.08 bits per heavy atom. The summed E-state index contributed by atoms with van der Waals surface area (Å²) < 4.78 is 10.4. The second kappa shape index (κ2) is 9.60. The number of piperazine rings is 1. The van der Waals surface area contributed by atoms with Gasteiger partial charge in [-0.1, -0.05) is 11.2 Å². The highest BCUT2D eigenvalue weighted by Crippen LogP contribution is 2.22. The molecule has 0 unspecified atom stereocenters. The van der Waals surface area contributed by atoms with Gasteiger partial charge in [0, 0.05) is 45.0 Å². The molecule has 0 saturated carbocycles. The van der Waals surface area contributed by atoms with Crippen LogP contribution >= 0.6 is 24.0 Å². The number of benzene rings is 1. The molecule has 1 aromatic heterocycles. The zero-order valence-electron chi connectivity index (χ0n) is 15.3. The van der Waals surface area contributed by atoms with Gasteiger partial charge in [-0.15, -0.1) is 24.0 Å². The molecule has 0 bridgehead atoms. The molecule has 9 heteroatoms. The number of aryl methyl sites for hydroxylation is 1. The van der Waals surface area contributed by atoms with Gasteiger partial charge in [0.25, 0.3) is 0 Å². The third-order valence-corrected chi connectivity index (χ3v) is 4.18. The lowest BCUT2D eigenvalue weighted by molar-refractivity contribution is 0.353. The van der Waals surface area contributed by atoms with Crippen LogP contribution in [0, 0.1) is 6.92 Å². The molecule has 1 saturated heterocycles. The summed E-state index contributed by atoms with van der Waals surface area (Å²) in [7, 11) is 3.48. The Labute approximate surface area is 170 Å². The van der Waals surface area contributed by atoms with E-state index in [0.29, 0.717) is 18.3 Å². The van der Waals surface area contributed by atoms with Crippen molar-refractivity contribution >= 4 is 35.6 Å². The number of anilines is 1. The van der Waals surface area contributed by atoms with Crippen LogP contribution in [0.4, 0.5) is 5.69 Å². The number of aliphatic imine (C=N–C) groups is 1. The van der Waals surface area contributed by atoms with E-state index in [-0.39, 0.29) is 24.0 Å². The minimum atomic E-state index is 0. The predicted molar refractivity (Wildman–Crippen MR) is 111 cm³/mol. The summed E-state index contributed by atoms with van der Waals surface area (Å²) in [5, 5.41) is 7.08. The van der Waals surface area contributed by atoms with Crippen molar-refractivity contribution in [1.82, 2.24) is 20.4 Å². The average Bonchev–Trinajstić information content (AvgIpc) is 3.08. The van der Waals surface area contributed by atoms with E-state index in [4.69, 9.17) is 9.26 Å². The minimum Gasteiger partial charge on any atom is -0.497 e. The molecule has 0 amide bonds. The maximum Gasteiger partial charge on any atom is 0.246 e. The molecule has 0 spiro atoms. The van der Waals surface area contributed by atoms with Gasteiger partial charge >= 0.3 is 0 Å². The molecule has 3 rings (SSSR count). The number of nitrogens with one attached hydrogen (secondary N) is 1. The van der Waals surface area contributed by atoms with Crippen LogP contribution in [0.1, 0.15) is 11.7 Å². The summed E-state index contributed by atoms with van der Waals surface area (Å²) in [4.78, 5) is 13.1.